The predicted octanol–water partition coefficient (Wildman–Crippen LogP) is 4.38. The number of hydrogen-bond acceptors (Lipinski definition) is 5. The second kappa shape index (κ2) is 6.62. The lowest BCUT2D eigenvalue weighted by atomic mass is 9.91. The van der Waals surface area contributed by atoms with E-state index in [9.17, 15) is 0 Å². The van der Waals surface area contributed by atoms with Crippen molar-refractivity contribution in [2.45, 2.75) is 45.2 Å². The Balaban J connectivity index is 1.43. The summed E-state index contributed by atoms with van der Waals surface area (Å²) in [6.07, 6.45) is 8.15. The van der Waals surface area contributed by atoms with Gasteiger partial charge in [-0.2, -0.15) is 20.1 Å². The van der Waals surface area contributed by atoms with Crippen molar-refractivity contribution in [3.63, 3.8) is 0 Å². The molecule has 7 heteroatoms. The van der Waals surface area contributed by atoms with Gasteiger partial charge in [0.1, 0.15) is 6.54 Å². The molecule has 6 nitrogen and oxygen atoms in total. The number of rotatable bonds is 5. The van der Waals surface area contributed by atoms with Crippen molar-refractivity contribution in [3.8, 4) is 21.1 Å². The fraction of sp³-hybridized carbons (Fsp3) is 0.364. The van der Waals surface area contributed by atoms with Gasteiger partial charge in [0.05, 0.1) is 23.3 Å². The number of aromatic nitrogens is 6. The Kier molecular flexibility index (Phi) is 3.90. The van der Waals surface area contributed by atoms with Gasteiger partial charge in [0, 0.05) is 4.88 Å². The highest BCUT2D eigenvalue weighted by molar-refractivity contribution is 7.19. The summed E-state index contributed by atoms with van der Waals surface area (Å²) < 4.78 is 2.15. The molecule has 1 fully saturated rings. The lowest BCUT2D eigenvalue weighted by Gasteiger charge is -2.15. The lowest BCUT2D eigenvalue weighted by molar-refractivity contribution is 0.438. The van der Waals surface area contributed by atoms with Gasteiger partial charge in [0.2, 0.25) is 0 Å². The van der Waals surface area contributed by atoms with E-state index in [2.05, 4.69) is 52.1 Å². The van der Waals surface area contributed by atoms with E-state index in [-0.39, 0.29) is 0 Å². The molecule has 1 atom stereocenters. The Bertz CT molecular complexity index is 1170. The second-order valence-corrected chi connectivity index (χ2v) is 9.11. The highest BCUT2D eigenvalue weighted by atomic mass is 32.1. The topological polar surface area (TPSA) is 61.4 Å². The SMILES string of the molecule is CC(C1CC1)n1nc(Cn2nccn2)nc1-c1cc2c(s1)-c1ccccc1CC2. The predicted molar refractivity (Wildman–Crippen MR) is 113 cm³/mol. The average Bonchev–Trinajstić information content (AvgIpc) is 3.14. The van der Waals surface area contributed by atoms with Crippen LogP contribution in [0.4, 0.5) is 0 Å². The van der Waals surface area contributed by atoms with E-state index in [0.29, 0.717) is 18.5 Å². The Hall–Kier alpha value is -2.80. The smallest absolute Gasteiger partial charge is 0.174 e. The molecule has 0 amide bonds. The van der Waals surface area contributed by atoms with Gasteiger partial charge < -0.3 is 0 Å². The van der Waals surface area contributed by atoms with Crippen molar-refractivity contribution < 1.29 is 0 Å². The summed E-state index contributed by atoms with van der Waals surface area (Å²) >= 11 is 1.85. The van der Waals surface area contributed by atoms with Gasteiger partial charge in [-0.1, -0.05) is 24.3 Å². The molecule has 2 aliphatic rings. The van der Waals surface area contributed by atoms with Gasteiger partial charge in [-0.05, 0) is 61.3 Å². The molecule has 0 radical (unpaired) electrons. The first-order valence-electron chi connectivity index (χ1n) is 10.3. The Morgan fingerprint density at radius 3 is 2.72 bits per heavy atom. The van der Waals surface area contributed by atoms with Crippen LogP contribution in [0.1, 0.15) is 42.8 Å². The molecule has 29 heavy (non-hydrogen) atoms. The number of aryl methyl sites for hydroxylation is 2. The Labute approximate surface area is 173 Å². The van der Waals surface area contributed by atoms with E-state index in [1.165, 1.54) is 39.3 Å². The molecule has 146 valence electrons. The van der Waals surface area contributed by atoms with Crippen molar-refractivity contribution >= 4 is 11.3 Å². The molecule has 2 aliphatic carbocycles. The van der Waals surface area contributed by atoms with Gasteiger partial charge >= 0.3 is 0 Å². The third-order valence-corrected chi connectivity index (χ3v) is 7.28. The van der Waals surface area contributed by atoms with Crippen LogP contribution in [0.3, 0.4) is 0 Å². The minimum Gasteiger partial charge on any atom is -0.242 e. The standard InChI is InChI=1S/C22H22N6S/c1-14(15-6-7-15)28-22(25-20(26-28)13-27-23-10-11-24-27)19-12-17-9-8-16-4-2-3-5-18(16)21(17)29-19/h2-5,10-12,14-15H,6-9,13H2,1H3. The zero-order valence-corrected chi connectivity index (χ0v) is 17.1. The maximum absolute atomic E-state index is 4.95. The number of benzene rings is 1. The maximum atomic E-state index is 4.95. The first kappa shape index (κ1) is 17.1. The van der Waals surface area contributed by atoms with Crippen molar-refractivity contribution in [1.82, 2.24) is 29.8 Å². The van der Waals surface area contributed by atoms with Crippen LogP contribution in [0.15, 0.2) is 42.7 Å². The minimum atomic E-state index is 0.364. The molecule has 3 aromatic heterocycles. The third kappa shape index (κ3) is 3.00. The molecule has 0 aliphatic heterocycles. The first-order chi connectivity index (χ1) is 14.3. The van der Waals surface area contributed by atoms with Gasteiger partial charge in [-0.15, -0.1) is 11.3 Å². The van der Waals surface area contributed by atoms with E-state index in [1.807, 2.05) is 11.3 Å². The second-order valence-electron chi connectivity index (χ2n) is 8.06. The van der Waals surface area contributed by atoms with Crippen LogP contribution in [0, 0.1) is 5.92 Å². The minimum absolute atomic E-state index is 0.364. The molecule has 1 saturated carbocycles. The summed E-state index contributed by atoms with van der Waals surface area (Å²) in [6.45, 7) is 2.77. The summed E-state index contributed by atoms with van der Waals surface area (Å²) in [7, 11) is 0. The molecule has 0 saturated heterocycles. The van der Waals surface area contributed by atoms with Gasteiger partial charge in [-0.25, -0.2) is 9.67 Å². The Morgan fingerprint density at radius 1 is 1.10 bits per heavy atom. The van der Waals surface area contributed by atoms with Crippen LogP contribution in [0.25, 0.3) is 21.1 Å². The summed E-state index contributed by atoms with van der Waals surface area (Å²) in [5.74, 6) is 2.47. The summed E-state index contributed by atoms with van der Waals surface area (Å²) in [4.78, 5) is 9.20. The van der Waals surface area contributed by atoms with E-state index >= 15 is 0 Å². The molecule has 4 aromatic rings. The maximum Gasteiger partial charge on any atom is 0.174 e. The van der Waals surface area contributed by atoms with Gasteiger partial charge in [0.15, 0.2) is 11.6 Å². The molecule has 1 unspecified atom stereocenters. The van der Waals surface area contributed by atoms with E-state index < -0.39 is 0 Å². The van der Waals surface area contributed by atoms with Crippen molar-refractivity contribution in [2.75, 3.05) is 0 Å². The zero-order chi connectivity index (χ0) is 19.4. The number of fused-ring (bicyclic) bond motifs is 3. The number of thiophene rings is 1. The van der Waals surface area contributed by atoms with Gasteiger partial charge in [0.25, 0.3) is 0 Å². The highest BCUT2D eigenvalue weighted by Crippen LogP contribution is 2.45. The van der Waals surface area contributed by atoms with E-state index in [1.54, 1.807) is 17.2 Å². The van der Waals surface area contributed by atoms with Crippen LogP contribution < -0.4 is 0 Å². The van der Waals surface area contributed by atoms with Crippen molar-refractivity contribution in [1.29, 1.82) is 0 Å². The quantitative estimate of drug-likeness (QED) is 0.497. The molecular formula is C22H22N6S. The fourth-order valence-electron chi connectivity index (χ4n) is 4.30. The van der Waals surface area contributed by atoms with Crippen LogP contribution >= 0.6 is 11.3 Å². The first-order valence-corrected chi connectivity index (χ1v) is 11.1. The molecule has 0 N–H and O–H groups in total. The highest BCUT2D eigenvalue weighted by Gasteiger charge is 2.32. The summed E-state index contributed by atoms with van der Waals surface area (Å²) in [5, 5.41) is 13.3. The lowest BCUT2D eigenvalue weighted by Crippen LogP contribution is -2.11. The number of nitrogens with zero attached hydrogens (tertiary/aromatic N) is 6. The average molecular weight is 403 g/mol. The van der Waals surface area contributed by atoms with Crippen LogP contribution in [0.5, 0.6) is 0 Å². The van der Waals surface area contributed by atoms with E-state index in [0.717, 1.165) is 24.5 Å². The zero-order valence-electron chi connectivity index (χ0n) is 16.3. The summed E-state index contributed by atoms with van der Waals surface area (Å²) in [5.41, 5.74) is 4.27. The molecule has 0 spiro atoms. The van der Waals surface area contributed by atoms with Crippen LogP contribution in [0.2, 0.25) is 0 Å². The van der Waals surface area contributed by atoms with Gasteiger partial charge in [-0.3, -0.25) is 0 Å². The molecule has 3 heterocycles. The summed E-state index contributed by atoms with van der Waals surface area (Å²) in [6, 6.07) is 11.5. The van der Waals surface area contributed by atoms with Crippen LogP contribution in [-0.2, 0) is 19.4 Å². The third-order valence-electron chi connectivity index (χ3n) is 6.07. The molecular weight excluding hydrogens is 380 g/mol. The molecule has 0 bridgehead atoms. The monoisotopic (exact) mass is 402 g/mol. The van der Waals surface area contributed by atoms with E-state index in [4.69, 9.17) is 10.1 Å². The fourth-order valence-corrected chi connectivity index (χ4v) is 5.55. The van der Waals surface area contributed by atoms with Crippen LogP contribution in [-0.4, -0.2) is 29.8 Å². The molecule has 6 rings (SSSR count). The Morgan fingerprint density at radius 2 is 1.90 bits per heavy atom. The van der Waals surface area contributed by atoms with Crippen molar-refractivity contribution in [3.05, 3.63) is 59.7 Å². The van der Waals surface area contributed by atoms with Crippen molar-refractivity contribution in [2.24, 2.45) is 5.92 Å². The largest absolute Gasteiger partial charge is 0.242 e. The normalized spacial score (nSPS) is 16.4. The number of hydrogen-bond donors (Lipinski definition) is 0. The molecule has 1 aromatic carbocycles.